The number of nitrogens with one attached hydrogen (secondary N) is 1. The number of anilines is 1. The number of hydrogen-bond acceptors (Lipinski definition) is 5. The van der Waals surface area contributed by atoms with E-state index in [2.05, 4.69) is 15.5 Å². The number of halogens is 1. The molecule has 2 N–H and O–H groups in total. The minimum atomic E-state index is -0.0140. The van der Waals surface area contributed by atoms with Crippen LogP contribution in [0.1, 0.15) is 36.0 Å². The summed E-state index contributed by atoms with van der Waals surface area (Å²) in [5.41, 5.74) is 1.56. The van der Waals surface area contributed by atoms with Crippen LogP contribution in [-0.2, 0) is 13.2 Å². The van der Waals surface area contributed by atoms with E-state index in [-0.39, 0.29) is 6.61 Å². The normalized spacial score (nSPS) is 14.6. The van der Waals surface area contributed by atoms with E-state index >= 15 is 0 Å². The molecule has 5 nitrogen and oxygen atoms in total. The van der Waals surface area contributed by atoms with Crippen LogP contribution in [0.4, 0.5) is 5.69 Å². The Balaban J connectivity index is 1.67. The van der Waals surface area contributed by atoms with Gasteiger partial charge in [0, 0.05) is 5.92 Å². The maximum atomic E-state index is 9.10. The molecule has 1 fully saturated rings. The molecule has 1 aromatic carbocycles. The van der Waals surface area contributed by atoms with Crippen molar-refractivity contribution in [2.45, 2.75) is 31.9 Å². The largest absolute Gasteiger partial charge is 0.392 e. The average molecular weight is 280 g/mol. The number of rotatable bonds is 5. The van der Waals surface area contributed by atoms with Crippen molar-refractivity contribution in [2.75, 3.05) is 5.32 Å². The van der Waals surface area contributed by atoms with Gasteiger partial charge in [0.15, 0.2) is 5.82 Å². The Hall–Kier alpha value is -1.59. The first kappa shape index (κ1) is 12.4. The Morgan fingerprint density at radius 2 is 2.26 bits per heavy atom. The summed E-state index contributed by atoms with van der Waals surface area (Å²) in [6.07, 6.45) is 2.28. The molecule has 1 aliphatic carbocycles. The van der Waals surface area contributed by atoms with Gasteiger partial charge in [-0.1, -0.05) is 22.8 Å². The van der Waals surface area contributed by atoms with Gasteiger partial charge in [0.1, 0.15) is 0 Å². The van der Waals surface area contributed by atoms with Crippen LogP contribution in [0.25, 0.3) is 0 Å². The van der Waals surface area contributed by atoms with Gasteiger partial charge in [-0.2, -0.15) is 4.98 Å². The van der Waals surface area contributed by atoms with Gasteiger partial charge >= 0.3 is 0 Å². The highest BCUT2D eigenvalue weighted by Gasteiger charge is 2.29. The molecule has 2 aromatic rings. The van der Waals surface area contributed by atoms with Gasteiger partial charge in [0.2, 0.25) is 5.89 Å². The molecule has 0 amide bonds. The van der Waals surface area contributed by atoms with Crippen LogP contribution >= 0.6 is 11.6 Å². The Bertz CT molecular complexity index is 581. The molecule has 1 saturated carbocycles. The lowest BCUT2D eigenvalue weighted by atomic mass is 10.2. The molecule has 3 rings (SSSR count). The van der Waals surface area contributed by atoms with Crippen molar-refractivity contribution in [3.05, 3.63) is 40.5 Å². The van der Waals surface area contributed by atoms with Crippen molar-refractivity contribution in [1.82, 2.24) is 10.1 Å². The molecule has 0 atom stereocenters. The summed E-state index contributed by atoms with van der Waals surface area (Å²) in [7, 11) is 0. The summed E-state index contributed by atoms with van der Waals surface area (Å²) in [5, 5.41) is 16.8. The van der Waals surface area contributed by atoms with Gasteiger partial charge in [-0.25, -0.2) is 0 Å². The molecule has 0 unspecified atom stereocenters. The summed E-state index contributed by atoms with van der Waals surface area (Å²) < 4.78 is 5.18. The van der Waals surface area contributed by atoms with Gasteiger partial charge in [0.25, 0.3) is 0 Å². The van der Waals surface area contributed by atoms with E-state index in [1.165, 1.54) is 0 Å². The lowest BCUT2D eigenvalue weighted by Gasteiger charge is -2.07. The highest BCUT2D eigenvalue weighted by atomic mass is 35.5. The predicted molar refractivity (Wildman–Crippen MR) is 71.0 cm³/mol. The van der Waals surface area contributed by atoms with Crippen LogP contribution in [0.5, 0.6) is 0 Å². The predicted octanol–water partition coefficient (Wildman–Crippen LogP) is 2.70. The molecule has 19 heavy (non-hydrogen) atoms. The summed E-state index contributed by atoms with van der Waals surface area (Å²) in [6, 6.07) is 5.35. The molecular weight excluding hydrogens is 266 g/mol. The second-order valence-corrected chi connectivity index (χ2v) is 5.06. The van der Waals surface area contributed by atoms with Crippen molar-refractivity contribution in [1.29, 1.82) is 0 Å². The van der Waals surface area contributed by atoms with E-state index in [0.717, 1.165) is 30.0 Å². The number of aliphatic hydroxyl groups excluding tert-OH is 1. The molecule has 6 heteroatoms. The van der Waals surface area contributed by atoms with E-state index in [9.17, 15) is 0 Å². The lowest BCUT2D eigenvalue weighted by Crippen LogP contribution is -2.02. The Kier molecular flexibility index (Phi) is 3.40. The van der Waals surface area contributed by atoms with Crippen LogP contribution in [-0.4, -0.2) is 15.2 Å². The van der Waals surface area contributed by atoms with Gasteiger partial charge in [0.05, 0.1) is 23.9 Å². The minimum absolute atomic E-state index is 0.0140. The third-order valence-electron chi connectivity index (χ3n) is 3.06. The quantitative estimate of drug-likeness (QED) is 0.880. The van der Waals surface area contributed by atoms with Gasteiger partial charge in [-0.05, 0) is 30.5 Å². The fourth-order valence-electron chi connectivity index (χ4n) is 1.82. The van der Waals surface area contributed by atoms with Crippen LogP contribution in [0.2, 0.25) is 5.02 Å². The SMILES string of the molecule is OCc1ccc(Cl)c(NCc2noc(C3CC3)n2)c1. The Labute approximate surface area is 115 Å². The van der Waals surface area contributed by atoms with Crippen LogP contribution in [0.15, 0.2) is 22.7 Å². The second-order valence-electron chi connectivity index (χ2n) is 4.65. The molecule has 0 saturated heterocycles. The van der Waals surface area contributed by atoms with Crippen molar-refractivity contribution in [3.63, 3.8) is 0 Å². The van der Waals surface area contributed by atoms with Gasteiger partial charge in [-0.15, -0.1) is 0 Å². The zero-order chi connectivity index (χ0) is 13.2. The van der Waals surface area contributed by atoms with Gasteiger partial charge < -0.3 is 14.9 Å². The van der Waals surface area contributed by atoms with Crippen LogP contribution in [0.3, 0.4) is 0 Å². The molecule has 0 spiro atoms. The van der Waals surface area contributed by atoms with Crippen LogP contribution in [0, 0.1) is 0 Å². The van der Waals surface area contributed by atoms with Crippen molar-refractivity contribution in [2.24, 2.45) is 0 Å². The van der Waals surface area contributed by atoms with E-state index in [1.807, 2.05) is 6.07 Å². The maximum absolute atomic E-state index is 9.10. The second kappa shape index (κ2) is 5.19. The lowest BCUT2D eigenvalue weighted by molar-refractivity contribution is 0.282. The molecular formula is C13H14ClN3O2. The summed E-state index contributed by atoms with van der Waals surface area (Å²) >= 11 is 6.08. The Morgan fingerprint density at radius 1 is 1.42 bits per heavy atom. The monoisotopic (exact) mass is 279 g/mol. The highest BCUT2D eigenvalue weighted by molar-refractivity contribution is 6.33. The molecule has 1 heterocycles. The van der Waals surface area contributed by atoms with Gasteiger partial charge in [-0.3, -0.25) is 0 Å². The fourth-order valence-corrected chi connectivity index (χ4v) is 2.00. The number of nitrogens with zero attached hydrogens (tertiary/aromatic N) is 2. The average Bonchev–Trinajstić information content (AvgIpc) is 3.17. The van der Waals surface area contributed by atoms with E-state index in [1.54, 1.807) is 12.1 Å². The molecule has 0 radical (unpaired) electrons. The third kappa shape index (κ3) is 2.88. The zero-order valence-electron chi connectivity index (χ0n) is 10.3. The molecule has 100 valence electrons. The smallest absolute Gasteiger partial charge is 0.229 e. The van der Waals surface area contributed by atoms with E-state index in [0.29, 0.717) is 23.3 Å². The number of aliphatic hydroxyl groups is 1. The molecule has 0 aliphatic heterocycles. The fraction of sp³-hybridized carbons (Fsp3) is 0.385. The first-order chi connectivity index (χ1) is 9.26. The standard InChI is InChI=1S/C13H14ClN3O2/c14-10-4-1-8(7-18)5-11(10)15-6-12-16-13(19-17-12)9-2-3-9/h1,4-5,9,15,18H,2-3,6-7H2. The van der Waals surface area contributed by atoms with Crippen molar-refractivity contribution < 1.29 is 9.63 Å². The number of aromatic nitrogens is 2. The van der Waals surface area contributed by atoms with E-state index < -0.39 is 0 Å². The molecule has 1 aliphatic rings. The Morgan fingerprint density at radius 3 is 3.00 bits per heavy atom. The number of hydrogen-bond donors (Lipinski definition) is 2. The first-order valence-electron chi connectivity index (χ1n) is 6.22. The molecule has 1 aromatic heterocycles. The van der Waals surface area contributed by atoms with Crippen molar-refractivity contribution >= 4 is 17.3 Å². The van der Waals surface area contributed by atoms with Crippen LogP contribution < -0.4 is 5.32 Å². The third-order valence-corrected chi connectivity index (χ3v) is 3.39. The number of benzene rings is 1. The van der Waals surface area contributed by atoms with E-state index in [4.69, 9.17) is 21.2 Å². The minimum Gasteiger partial charge on any atom is -0.392 e. The summed E-state index contributed by atoms with van der Waals surface area (Å²) in [4.78, 5) is 4.33. The van der Waals surface area contributed by atoms with Crippen molar-refractivity contribution in [3.8, 4) is 0 Å². The topological polar surface area (TPSA) is 71.2 Å². The first-order valence-corrected chi connectivity index (χ1v) is 6.59. The molecule has 0 bridgehead atoms. The summed E-state index contributed by atoms with van der Waals surface area (Å²) in [5.74, 6) is 1.81. The summed E-state index contributed by atoms with van der Waals surface area (Å²) in [6.45, 7) is 0.435. The maximum Gasteiger partial charge on any atom is 0.229 e. The highest BCUT2D eigenvalue weighted by Crippen LogP contribution is 2.38. The zero-order valence-corrected chi connectivity index (χ0v) is 11.0.